The fourth-order valence-electron chi connectivity index (χ4n) is 1.36. The summed E-state index contributed by atoms with van der Waals surface area (Å²) < 4.78 is 0. The van der Waals surface area contributed by atoms with Crippen LogP contribution in [0.25, 0.3) is 0 Å². The van der Waals surface area contributed by atoms with Gasteiger partial charge in [0.05, 0.1) is 6.07 Å². The first kappa shape index (κ1) is 13.2. The van der Waals surface area contributed by atoms with Crippen molar-refractivity contribution in [2.75, 3.05) is 13.1 Å². The fraction of sp³-hybridized carbons (Fsp3) is 0.455. The van der Waals surface area contributed by atoms with Crippen molar-refractivity contribution in [3.63, 3.8) is 0 Å². The van der Waals surface area contributed by atoms with Crippen LogP contribution in [0.15, 0.2) is 12.1 Å². The van der Waals surface area contributed by atoms with Crippen LogP contribution in [-0.4, -0.2) is 23.0 Å². The quantitative estimate of drug-likeness (QED) is 0.762. The Kier molecular flexibility index (Phi) is 5.54. The lowest BCUT2D eigenvalue weighted by Gasteiger charge is -2.19. The second-order valence-electron chi connectivity index (χ2n) is 3.36. The lowest BCUT2D eigenvalue weighted by Crippen LogP contribution is -2.24. The normalized spacial score (nSPS) is 10.4. The largest absolute Gasteiger partial charge is 0.298 e. The number of rotatable bonds is 5. The fourth-order valence-corrected chi connectivity index (χ4v) is 1.76. The number of nitrogens with zero attached hydrogens (tertiary/aromatic N) is 3. The molecule has 0 aliphatic rings. The molecule has 1 rings (SSSR count). The van der Waals surface area contributed by atoms with Crippen molar-refractivity contribution in [1.29, 1.82) is 5.26 Å². The molecule has 0 N–H and O–H groups in total. The Balaban J connectivity index is 2.67. The monoisotopic (exact) mass is 257 g/mol. The lowest BCUT2D eigenvalue weighted by molar-refractivity contribution is 0.286. The Morgan fingerprint density at radius 3 is 2.75 bits per heavy atom. The van der Waals surface area contributed by atoms with Gasteiger partial charge in [0.25, 0.3) is 0 Å². The summed E-state index contributed by atoms with van der Waals surface area (Å²) in [6.45, 7) is 4.36. The highest BCUT2D eigenvalue weighted by atomic mass is 35.5. The number of aromatic nitrogens is 1. The van der Waals surface area contributed by atoms with Crippen molar-refractivity contribution >= 4 is 23.2 Å². The number of halogens is 2. The minimum Gasteiger partial charge on any atom is -0.298 e. The van der Waals surface area contributed by atoms with Gasteiger partial charge in [-0.25, -0.2) is 4.98 Å². The maximum absolute atomic E-state index is 8.54. The molecule has 0 amide bonds. The molecule has 86 valence electrons. The van der Waals surface area contributed by atoms with Crippen LogP contribution in [0.2, 0.25) is 10.3 Å². The minimum absolute atomic E-state index is 0.397. The van der Waals surface area contributed by atoms with E-state index in [0.29, 0.717) is 23.3 Å². The summed E-state index contributed by atoms with van der Waals surface area (Å²) in [6.07, 6.45) is 0.520. The zero-order valence-corrected chi connectivity index (χ0v) is 10.6. The van der Waals surface area contributed by atoms with Crippen molar-refractivity contribution in [3.8, 4) is 6.07 Å². The van der Waals surface area contributed by atoms with Crippen LogP contribution in [0.4, 0.5) is 0 Å². The van der Waals surface area contributed by atoms with Gasteiger partial charge < -0.3 is 0 Å². The predicted octanol–water partition coefficient (Wildman–Crippen LogP) is 3.12. The predicted molar refractivity (Wildman–Crippen MR) is 65.4 cm³/mol. The van der Waals surface area contributed by atoms with Gasteiger partial charge in [0, 0.05) is 25.1 Å². The third kappa shape index (κ3) is 3.97. The van der Waals surface area contributed by atoms with E-state index >= 15 is 0 Å². The Morgan fingerprint density at radius 2 is 2.19 bits per heavy atom. The van der Waals surface area contributed by atoms with Crippen LogP contribution in [0.1, 0.15) is 18.9 Å². The Morgan fingerprint density at radius 1 is 1.44 bits per heavy atom. The summed E-state index contributed by atoms with van der Waals surface area (Å²) in [5.41, 5.74) is 0.936. The summed E-state index contributed by atoms with van der Waals surface area (Å²) in [7, 11) is 0. The van der Waals surface area contributed by atoms with E-state index in [0.717, 1.165) is 18.7 Å². The smallest absolute Gasteiger partial charge is 0.135 e. The summed E-state index contributed by atoms with van der Waals surface area (Å²) in [5, 5.41) is 9.37. The molecular weight excluding hydrogens is 245 g/mol. The number of pyridine rings is 1. The van der Waals surface area contributed by atoms with Gasteiger partial charge in [-0.2, -0.15) is 5.26 Å². The van der Waals surface area contributed by atoms with Crippen molar-refractivity contribution in [2.45, 2.75) is 19.9 Å². The first-order chi connectivity index (χ1) is 7.67. The third-order valence-electron chi connectivity index (χ3n) is 2.27. The van der Waals surface area contributed by atoms with Crippen LogP contribution in [0.5, 0.6) is 0 Å². The van der Waals surface area contributed by atoms with E-state index in [1.807, 2.05) is 6.07 Å². The molecule has 0 saturated heterocycles. The molecule has 0 unspecified atom stereocenters. The van der Waals surface area contributed by atoms with Crippen molar-refractivity contribution in [2.24, 2.45) is 0 Å². The second-order valence-corrected chi connectivity index (χ2v) is 4.11. The first-order valence-corrected chi connectivity index (χ1v) is 5.83. The van der Waals surface area contributed by atoms with E-state index in [1.165, 1.54) is 0 Å². The standard InChI is InChI=1S/C11H13Cl2N3/c1-2-16(7-3-6-14)8-9-4-5-10(12)15-11(9)13/h4-5H,2-3,7-8H2,1H3. The van der Waals surface area contributed by atoms with Gasteiger partial charge in [0.1, 0.15) is 10.3 Å². The molecule has 1 aromatic rings. The molecule has 0 atom stereocenters. The van der Waals surface area contributed by atoms with Crippen LogP contribution in [0.3, 0.4) is 0 Å². The van der Waals surface area contributed by atoms with Crippen molar-refractivity contribution < 1.29 is 0 Å². The average molecular weight is 258 g/mol. The molecular formula is C11H13Cl2N3. The highest BCUT2D eigenvalue weighted by Crippen LogP contribution is 2.18. The van der Waals surface area contributed by atoms with E-state index in [9.17, 15) is 0 Å². The minimum atomic E-state index is 0.397. The number of hydrogen-bond donors (Lipinski definition) is 0. The van der Waals surface area contributed by atoms with E-state index in [4.69, 9.17) is 28.5 Å². The Bertz CT molecular complexity index is 387. The zero-order chi connectivity index (χ0) is 12.0. The summed E-state index contributed by atoms with van der Waals surface area (Å²) in [5.74, 6) is 0. The van der Waals surface area contributed by atoms with Crippen molar-refractivity contribution in [3.05, 3.63) is 28.0 Å². The van der Waals surface area contributed by atoms with Gasteiger partial charge in [-0.15, -0.1) is 0 Å². The molecule has 0 aromatic carbocycles. The van der Waals surface area contributed by atoms with Crippen LogP contribution in [0, 0.1) is 11.3 Å². The summed E-state index contributed by atoms with van der Waals surface area (Å²) >= 11 is 11.7. The Labute approximate surface area is 106 Å². The van der Waals surface area contributed by atoms with Gasteiger partial charge in [0.15, 0.2) is 0 Å². The lowest BCUT2D eigenvalue weighted by atomic mass is 10.2. The molecule has 1 heterocycles. The number of hydrogen-bond acceptors (Lipinski definition) is 3. The molecule has 0 aliphatic carbocycles. The molecule has 3 nitrogen and oxygen atoms in total. The molecule has 0 saturated carbocycles. The summed E-state index contributed by atoms with van der Waals surface area (Å²) in [6, 6.07) is 5.72. The van der Waals surface area contributed by atoms with Crippen molar-refractivity contribution in [1.82, 2.24) is 9.88 Å². The third-order valence-corrected chi connectivity index (χ3v) is 2.81. The highest BCUT2D eigenvalue weighted by molar-refractivity contribution is 6.32. The van der Waals surface area contributed by atoms with Crippen LogP contribution < -0.4 is 0 Å². The first-order valence-electron chi connectivity index (χ1n) is 5.07. The maximum Gasteiger partial charge on any atom is 0.135 e. The molecule has 0 aliphatic heterocycles. The molecule has 1 aromatic heterocycles. The van der Waals surface area contributed by atoms with E-state index < -0.39 is 0 Å². The molecule has 0 radical (unpaired) electrons. The topological polar surface area (TPSA) is 39.9 Å². The highest BCUT2D eigenvalue weighted by Gasteiger charge is 2.07. The average Bonchev–Trinajstić information content (AvgIpc) is 2.27. The van der Waals surface area contributed by atoms with Gasteiger partial charge in [-0.05, 0) is 12.6 Å². The SMILES string of the molecule is CCN(CCC#N)Cc1ccc(Cl)nc1Cl. The van der Waals surface area contributed by atoms with Gasteiger partial charge in [-0.3, -0.25) is 4.90 Å². The summed E-state index contributed by atoms with van der Waals surface area (Å²) in [4.78, 5) is 6.12. The number of nitriles is 1. The zero-order valence-electron chi connectivity index (χ0n) is 9.08. The molecule has 0 bridgehead atoms. The molecule has 0 spiro atoms. The second kappa shape index (κ2) is 6.70. The molecule has 16 heavy (non-hydrogen) atoms. The maximum atomic E-state index is 8.54. The molecule has 0 fully saturated rings. The van der Waals surface area contributed by atoms with E-state index in [-0.39, 0.29) is 0 Å². The van der Waals surface area contributed by atoms with E-state index in [1.54, 1.807) is 6.07 Å². The van der Waals surface area contributed by atoms with E-state index in [2.05, 4.69) is 22.9 Å². The van der Waals surface area contributed by atoms with Gasteiger partial charge in [-0.1, -0.05) is 36.2 Å². The van der Waals surface area contributed by atoms with Crippen LogP contribution >= 0.6 is 23.2 Å². The molecule has 5 heteroatoms. The van der Waals surface area contributed by atoms with Crippen LogP contribution in [-0.2, 0) is 6.54 Å². The Hall–Kier alpha value is -0.820. The van der Waals surface area contributed by atoms with Gasteiger partial charge in [0.2, 0.25) is 0 Å². The van der Waals surface area contributed by atoms with Gasteiger partial charge >= 0.3 is 0 Å².